The zero-order valence-corrected chi connectivity index (χ0v) is 12.2. The van der Waals surface area contributed by atoms with Crippen LogP contribution in [0.25, 0.3) is 0 Å². The SMILES string of the molecule is COCc1ccc(C(=O)NC(C)(CC(=O)O)C(C)C)o1. The van der Waals surface area contributed by atoms with Crippen LogP contribution in [0.1, 0.15) is 43.5 Å². The van der Waals surface area contributed by atoms with Crippen LogP contribution >= 0.6 is 0 Å². The van der Waals surface area contributed by atoms with Crippen molar-refractivity contribution in [3.63, 3.8) is 0 Å². The summed E-state index contributed by atoms with van der Waals surface area (Å²) in [5.74, 6) is -0.724. The molecule has 0 saturated heterocycles. The maximum atomic E-state index is 12.1. The van der Waals surface area contributed by atoms with Gasteiger partial charge in [-0.15, -0.1) is 0 Å². The van der Waals surface area contributed by atoms with Crippen LogP contribution in [0, 0.1) is 5.92 Å². The van der Waals surface area contributed by atoms with Crippen LogP contribution in [0.2, 0.25) is 0 Å². The molecule has 112 valence electrons. The van der Waals surface area contributed by atoms with Crippen LogP contribution in [0.15, 0.2) is 16.5 Å². The van der Waals surface area contributed by atoms with Crippen molar-refractivity contribution in [3.05, 3.63) is 23.7 Å². The number of carbonyl (C=O) groups excluding carboxylic acids is 1. The van der Waals surface area contributed by atoms with Crippen molar-refractivity contribution in [2.75, 3.05) is 7.11 Å². The number of carbonyl (C=O) groups is 2. The Hall–Kier alpha value is -1.82. The summed E-state index contributed by atoms with van der Waals surface area (Å²) in [7, 11) is 1.53. The normalized spacial score (nSPS) is 14.1. The number of rotatable bonds is 7. The molecular weight excluding hydrogens is 262 g/mol. The van der Waals surface area contributed by atoms with Gasteiger partial charge in [-0.1, -0.05) is 13.8 Å². The third kappa shape index (κ3) is 4.09. The van der Waals surface area contributed by atoms with E-state index in [9.17, 15) is 9.59 Å². The fourth-order valence-electron chi connectivity index (χ4n) is 1.75. The largest absolute Gasteiger partial charge is 0.481 e. The van der Waals surface area contributed by atoms with Crippen LogP contribution < -0.4 is 5.32 Å². The molecule has 1 aromatic heterocycles. The maximum Gasteiger partial charge on any atom is 0.305 e. The second-order valence-corrected chi connectivity index (χ2v) is 5.30. The number of nitrogens with one attached hydrogen (secondary N) is 1. The number of carboxylic acids is 1. The van der Waals surface area contributed by atoms with Gasteiger partial charge < -0.3 is 19.6 Å². The van der Waals surface area contributed by atoms with Gasteiger partial charge in [-0.05, 0) is 25.0 Å². The molecule has 0 aliphatic rings. The van der Waals surface area contributed by atoms with Gasteiger partial charge in [0.1, 0.15) is 12.4 Å². The summed E-state index contributed by atoms with van der Waals surface area (Å²) in [5.41, 5.74) is -0.836. The Kier molecular flexibility index (Phi) is 5.33. The second-order valence-electron chi connectivity index (χ2n) is 5.30. The lowest BCUT2D eigenvalue weighted by molar-refractivity contribution is -0.138. The molecular formula is C14H21NO5. The predicted octanol–water partition coefficient (Wildman–Crippen LogP) is 2.05. The number of aliphatic carboxylic acids is 1. The molecule has 0 aromatic carbocycles. The first-order chi connectivity index (χ1) is 9.28. The summed E-state index contributed by atoms with van der Waals surface area (Å²) >= 11 is 0. The number of amides is 1. The first-order valence-corrected chi connectivity index (χ1v) is 6.40. The highest BCUT2D eigenvalue weighted by atomic mass is 16.5. The lowest BCUT2D eigenvalue weighted by atomic mass is 9.85. The van der Waals surface area contributed by atoms with E-state index in [0.29, 0.717) is 5.76 Å². The van der Waals surface area contributed by atoms with Gasteiger partial charge in [-0.2, -0.15) is 0 Å². The number of hydrogen-bond acceptors (Lipinski definition) is 4. The number of furan rings is 1. The van der Waals surface area contributed by atoms with Crippen molar-refractivity contribution < 1.29 is 23.8 Å². The molecule has 1 heterocycles. The molecule has 0 fully saturated rings. The van der Waals surface area contributed by atoms with Gasteiger partial charge in [0.2, 0.25) is 0 Å². The number of carboxylic acid groups (broad SMARTS) is 1. The van der Waals surface area contributed by atoms with Crippen molar-refractivity contribution in [3.8, 4) is 0 Å². The average molecular weight is 283 g/mol. The van der Waals surface area contributed by atoms with E-state index < -0.39 is 17.4 Å². The van der Waals surface area contributed by atoms with Gasteiger partial charge in [-0.25, -0.2) is 0 Å². The van der Waals surface area contributed by atoms with Gasteiger partial charge >= 0.3 is 5.97 Å². The maximum absolute atomic E-state index is 12.1. The first-order valence-electron chi connectivity index (χ1n) is 6.40. The highest BCUT2D eigenvalue weighted by Gasteiger charge is 2.33. The molecule has 1 aromatic rings. The Morgan fingerprint density at radius 1 is 1.45 bits per heavy atom. The average Bonchev–Trinajstić information content (AvgIpc) is 2.76. The van der Waals surface area contributed by atoms with E-state index in [1.807, 2.05) is 13.8 Å². The second kappa shape index (κ2) is 6.56. The van der Waals surface area contributed by atoms with Crippen LogP contribution in [0.5, 0.6) is 0 Å². The van der Waals surface area contributed by atoms with Crippen molar-refractivity contribution in [1.82, 2.24) is 5.32 Å². The molecule has 0 bridgehead atoms. The standard InChI is InChI=1S/C14H21NO5/c1-9(2)14(3,7-12(16)17)15-13(18)11-6-5-10(20-11)8-19-4/h5-6,9H,7-8H2,1-4H3,(H,15,18)(H,16,17). The molecule has 0 aliphatic carbocycles. The Morgan fingerprint density at radius 2 is 2.10 bits per heavy atom. The predicted molar refractivity (Wildman–Crippen MR) is 72.4 cm³/mol. The molecule has 0 saturated carbocycles. The Labute approximate surface area is 118 Å². The van der Waals surface area contributed by atoms with Crippen molar-refractivity contribution >= 4 is 11.9 Å². The zero-order chi connectivity index (χ0) is 15.3. The smallest absolute Gasteiger partial charge is 0.305 e. The molecule has 0 spiro atoms. The van der Waals surface area contributed by atoms with E-state index in [1.54, 1.807) is 19.1 Å². The molecule has 1 rings (SSSR count). The molecule has 0 radical (unpaired) electrons. The monoisotopic (exact) mass is 283 g/mol. The van der Waals surface area contributed by atoms with Crippen LogP contribution in [-0.2, 0) is 16.1 Å². The van der Waals surface area contributed by atoms with Gasteiger partial charge in [0.15, 0.2) is 5.76 Å². The fourth-order valence-corrected chi connectivity index (χ4v) is 1.75. The van der Waals surface area contributed by atoms with Gasteiger partial charge in [0.25, 0.3) is 5.91 Å². The zero-order valence-electron chi connectivity index (χ0n) is 12.2. The Morgan fingerprint density at radius 3 is 2.60 bits per heavy atom. The Balaban J connectivity index is 2.82. The minimum atomic E-state index is -0.957. The summed E-state index contributed by atoms with van der Waals surface area (Å²) in [6.45, 7) is 5.72. The molecule has 1 atom stereocenters. The van der Waals surface area contributed by atoms with E-state index in [4.69, 9.17) is 14.3 Å². The highest BCUT2D eigenvalue weighted by Crippen LogP contribution is 2.22. The summed E-state index contributed by atoms with van der Waals surface area (Å²) in [6, 6.07) is 3.20. The molecule has 0 aliphatic heterocycles. The van der Waals surface area contributed by atoms with Crippen molar-refractivity contribution in [1.29, 1.82) is 0 Å². The Bertz CT molecular complexity index is 480. The van der Waals surface area contributed by atoms with E-state index in [0.717, 1.165) is 0 Å². The molecule has 20 heavy (non-hydrogen) atoms. The van der Waals surface area contributed by atoms with Crippen LogP contribution in [0.3, 0.4) is 0 Å². The third-order valence-electron chi connectivity index (χ3n) is 3.36. The van der Waals surface area contributed by atoms with Crippen LogP contribution in [0.4, 0.5) is 0 Å². The van der Waals surface area contributed by atoms with Crippen molar-refractivity contribution in [2.45, 2.75) is 39.3 Å². The fraction of sp³-hybridized carbons (Fsp3) is 0.571. The first kappa shape index (κ1) is 16.2. The highest BCUT2D eigenvalue weighted by molar-refractivity contribution is 5.92. The van der Waals surface area contributed by atoms with E-state index in [1.165, 1.54) is 7.11 Å². The summed E-state index contributed by atoms with van der Waals surface area (Å²) in [6.07, 6.45) is -0.151. The molecule has 6 nitrogen and oxygen atoms in total. The summed E-state index contributed by atoms with van der Waals surface area (Å²) in [4.78, 5) is 23.1. The lowest BCUT2D eigenvalue weighted by Crippen LogP contribution is -2.51. The third-order valence-corrected chi connectivity index (χ3v) is 3.36. The topological polar surface area (TPSA) is 88.8 Å². The van der Waals surface area contributed by atoms with E-state index in [2.05, 4.69) is 5.32 Å². The van der Waals surface area contributed by atoms with E-state index in [-0.39, 0.29) is 24.7 Å². The van der Waals surface area contributed by atoms with Gasteiger partial charge in [0, 0.05) is 7.11 Å². The molecule has 1 amide bonds. The summed E-state index contributed by atoms with van der Waals surface area (Å²) in [5, 5.41) is 11.7. The molecule has 1 unspecified atom stereocenters. The number of hydrogen-bond donors (Lipinski definition) is 2. The number of methoxy groups -OCH3 is 1. The molecule has 6 heteroatoms. The molecule has 2 N–H and O–H groups in total. The van der Waals surface area contributed by atoms with E-state index >= 15 is 0 Å². The number of ether oxygens (including phenoxy) is 1. The minimum absolute atomic E-state index is 0.0315. The van der Waals surface area contributed by atoms with Crippen molar-refractivity contribution in [2.24, 2.45) is 5.92 Å². The lowest BCUT2D eigenvalue weighted by Gasteiger charge is -2.33. The van der Waals surface area contributed by atoms with Crippen LogP contribution in [-0.4, -0.2) is 29.6 Å². The summed E-state index contributed by atoms with van der Waals surface area (Å²) < 4.78 is 10.2. The van der Waals surface area contributed by atoms with Gasteiger partial charge in [-0.3, -0.25) is 9.59 Å². The quantitative estimate of drug-likeness (QED) is 0.799. The minimum Gasteiger partial charge on any atom is -0.481 e. The van der Waals surface area contributed by atoms with Gasteiger partial charge in [0.05, 0.1) is 12.0 Å².